The molecule has 2 heterocycles. The van der Waals surface area contributed by atoms with Crippen molar-refractivity contribution in [2.24, 2.45) is 5.92 Å². The molecule has 5 heteroatoms. The zero-order chi connectivity index (χ0) is 17.2. The summed E-state index contributed by atoms with van der Waals surface area (Å²) in [5.74, 6) is 1.29. The molecule has 0 radical (unpaired) electrons. The highest BCUT2D eigenvalue weighted by Gasteiger charge is 2.36. The molecule has 0 aromatic heterocycles. The van der Waals surface area contributed by atoms with Gasteiger partial charge < -0.3 is 9.47 Å². The molecule has 4 nitrogen and oxygen atoms in total. The van der Waals surface area contributed by atoms with E-state index in [1.807, 2.05) is 12.1 Å². The van der Waals surface area contributed by atoms with Crippen LogP contribution in [-0.2, 0) is 16.0 Å². The fourth-order valence-electron chi connectivity index (χ4n) is 3.71. The lowest BCUT2D eigenvalue weighted by atomic mass is 9.80. The fraction of sp³-hybridized carbons (Fsp3) is 0.550. The molecule has 1 unspecified atom stereocenters. The zero-order valence-corrected chi connectivity index (χ0v) is 16.1. The van der Waals surface area contributed by atoms with E-state index in [2.05, 4.69) is 36.9 Å². The Morgan fingerprint density at radius 2 is 2.12 bits per heavy atom. The minimum Gasteiger partial charge on any atom is -0.487 e. The van der Waals surface area contributed by atoms with E-state index < -0.39 is 0 Å². The van der Waals surface area contributed by atoms with E-state index in [0.717, 1.165) is 43.7 Å². The van der Waals surface area contributed by atoms with Gasteiger partial charge in [-0.25, -0.2) is 4.79 Å². The number of nitrogens with zero attached hydrogens (tertiary/aromatic N) is 1. The van der Waals surface area contributed by atoms with Crippen LogP contribution in [-0.4, -0.2) is 43.2 Å². The number of ether oxygens (including phenoxy) is 2. The van der Waals surface area contributed by atoms with Crippen molar-refractivity contribution >= 4 is 18.4 Å². The second kappa shape index (κ2) is 8.24. The van der Waals surface area contributed by atoms with Gasteiger partial charge in [0, 0.05) is 24.6 Å². The molecule has 0 spiro atoms. The van der Waals surface area contributed by atoms with Gasteiger partial charge in [0.1, 0.15) is 11.4 Å². The Morgan fingerprint density at radius 3 is 2.88 bits per heavy atom. The number of hydrogen-bond donors (Lipinski definition) is 0. The van der Waals surface area contributed by atoms with Gasteiger partial charge in [-0.05, 0) is 51.3 Å². The maximum Gasteiger partial charge on any atom is 0.334 e. The summed E-state index contributed by atoms with van der Waals surface area (Å²) < 4.78 is 11.1. The molecular formula is C20H28ClNO3. The van der Waals surface area contributed by atoms with Gasteiger partial charge in [-0.3, -0.25) is 4.90 Å². The normalized spacial score (nSPS) is 22.0. The summed E-state index contributed by atoms with van der Waals surface area (Å²) in [6.45, 7) is 7.05. The van der Waals surface area contributed by atoms with Gasteiger partial charge in [-0.1, -0.05) is 24.3 Å². The maximum atomic E-state index is 11.7. The molecule has 0 amide bonds. The SMILES string of the molecule is COC(=O)C1=CCCN(CCC2Cc3ccccc3OC2(C)C)C1.Cl. The van der Waals surface area contributed by atoms with E-state index in [0.29, 0.717) is 12.5 Å². The summed E-state index contributed by atoms with van der Waals surface area (Å²) in [6.07, 6.45) is 5.04. The number of para-hydroxylation sites is 1. The van der Waals surface area contributed by atoms with Gasteiger partial charge >= 0.3 is 5.97 Å². The van der Waals surface area contributed by atoms with Crippen molar-refractivity contribution in [2.75, 3.05) is 26.7 Å². The molecule has 0 fully saturated rings. The number of hydrogen-bond acceptors (Lipinski definition) is 4. The molecule has 0 saturated carbocycles. The number of esters is 1. The average molecular weight is 366 g/mol. The molecule has 1 atom stereocenters. The highest BCUT2D eigenvalue weighted by molar-refractivity contribution is 5.88. The predicted molar refractivity (Wildman–Crippen MR) is 101 cm³/mol. The lowest BCUT2D eigenvalue weighted by molar-refractivity contribution is -0.136. The van der Waals surface area contributed by atoms with Gasteiger partial charge in [0.05, 0.1) is 7.11 Å². The highest BCUT2D eigenvalue weighted by Crippen LogP contribution is 2.38. The van der Waals surface area contributed by atoms with Crippen molar-refractivity contribution in [1.29, 1.82) is 0 Å². The van der Waals surface area contributed by atoms with Crippen LogP contribution in [0.5, 0.6) is 5.75 Å². The third-order valence-electron chi connectivity index (χ3n) is 5.27. The molecular weight excluding hydrogens is 338 g/mol. The zero-order valence-electron chi connectivity index (χ0n) is 15.3. The van der Waals surface area contributed by atoms with Gasteiger partial charge in [-0.15, -0.1) is 12.4 Å². The monoisotopic (exact) mass is 365 g/mol. The molecule has 138 valence electrons. The van der Waals surface area contributed by atoms with Gasteiger partial charge in [0.25, 0.3) is 0 Å². The third-order valence-corrected chi connectivity index (χ3v) is 5.27. The summed E-state index contributed by atoms with van der Waals surface area (Å²) in [4.78, 5) is 14.1. The summed E-state index contributed by atoms with van der Waals surface area (Å²) in [5.41, 5.74) is 1.93. The summed E-state index contributed by atoms with van der Waals surface area (Å²) in [7, 11) is 1.45. The molecule has 2 aliphatic rings. The van der Waals surface area contributed by atoms with Crippen molar-refractivity contribution in [3.8, 4) is 5.75 Å². The number of rotatable bonds is 4. The largest absolute Gasteiger partial charge is 0.487 e. The van der Waals surface area contributed by atoms with Crippen LogP contribution in [0.25, 0.3) is 0 Å². The number of carbonyl (C=O) groups is 1. The highest BCUT2D eigenvalue weighted by atomic mass is 35.5. The van der Waals surface area contributed by atoms with Crippen LogP contribution in [0.4, 0.5) is 0 Å². The first-order valence-corrected chi connectivity index (χ1v) is 8.76. The number of methoxy groups -OCH3 is 1. The first kappa shape index (κ1) is 19.8. The second-order valence-corrected chi connectivity index (χ2v) is 7.29. The topological polar surface area (TPSA) is 38.8 Å². The van der Waals surface area contributed by atoms with E-state index in [1.165, 1.54) is 12.7 Å². The number of halogens is 1. The van der Waals surface area contributed by atoms with Crippen LogP contribution in [0.1, 0.15) is 32.3 Å². The standard InChI is InChI=1S/C20H27NO3.ClH/c1-20(2)17(13-15-7-4-5-9-18(15)24-20)10-12-21-11-6-8-16(14-21)19(22)23-3;/h4-5,7-9,17H,6,10-14H2,1-3H3;1H. The van der Waals surface area contributed by atoms with Crippen LogP contribution in [0, 0.1) is 5.92 Å². The van der Waals surface area contributed by atoms with Crippen molar-refractivity contribution in [3.63, 3.8) is 0 Å². The van der Waals surface area contributed by atoms with Crippen molar-refractivity contribution in [2.45, 2.75) is 38.7 Å². The predicted octanol–water partition coefficient (Wildman–Crippen LogP) is 3.63. The summed E-state index contributed by atoms with van der Waals surface area (Å²) in [6, 6.07) is 8.33. The third kappa shape index (κ3) is 4.56. The lowest BCUT2D eigenvalue weighted by Gasteiger charge is -2.41. The van der Waals surface area contributed by atoms with Crippen LogP contribution >= 0.6 is 12.4 Å². The van der Waals surface area contributed by atoms with Crippen molar-refractivity contribution in [1.82, 2.24) is 4.90 Å². The van der Waals surface area contributed by atoms with E-state index in [9.17, 15) is 4.79 Å². The number of carbonyl (C=O) groups excluding carboxylic acids is 1. The molecule has 3 rings (SSSR count). The minimum atomic E-state index is -0.199. The van der Waals surface area contributed by atoms with E-state index in [1.54, 1.807) is 0 Å². The van der Waals surface area contributed by atoms with E-state index in [-0.39, 0.29) is 24.0 Å². The number of fused-ring (bicyclic) bond motifs is 1. The van der Waals surface area contributed by atoms with Crippen molar-refractivity contribution in [3.05, 3.63) is 41.5 Å². The van der Waals surface area contributed by atoms with Crippen LogP contribution < -0.4 is 4.74 Å². The Bertz CT molecular complexity index is 642. The Morgan fingerprint density at radius 1 is 1.36 bits per heavy atom. The maximum absolute atomic E-state index is 11.7. The van der Waals surface area contributed by atoms with Crippen molar-refractivity contribution < 1.29 is 14.3 Å². The Labute approximate surface area is 156 Å². The Balaban J connectivity index is 0.00000225. The second-order valence-electron chi connectivity index (χ2n) is 7.29. The lowest BCUT2D eigenvalue weighted by Crippen LogP contribution is -2.44. The minimum absolute atomic E-state index is 0. The molecule has 2 aliphatic heterocycles. The number of benzene rings is 1. The van der Waals surface area contributed by atoms with Crippen LogP contribution in [0.2, 0.25) is 0 Å². The molecule has 0 N–H and O–H groups in total. The van der Waals surface area contributed by atoms with Gasteiger partial charge in [0.2, 0.25) is 0 Å². The van der Waals surface area contributed by atoms with Gasteiger partial charge in [-0.2, -0.15) is 0 Å². The summed E-state index contributed by atoms with van der Waals surface area (Å²) >= 11 is 0. The molecule has 0 saturated heterocycles. The van der Waals surface area contributed by atoms with Crippen LogP contribution in [0.3, 0.4) is 0 Å². The quantitative estimate of drug-likeness (QED) is 0.764. The van der Waals surface area contributed by atoms with Gasteiger partial charge in [0.15, 0.2) is 0 Å². The smallest absolute Gasteiger partial charge is 0.334 e. The average Bonchev–Trinajstić information content (AvgIpc) is 2.58. The Hall–Kier alpha value is -1.52. The molecule has 0 bridgehead atoms. The molecule has 1 aromatic carbocycles. The first-order valence-electron chi connectivity index (χ1n) is 8.76. The Kier molecular flexibility index (Phi) is 6.53. The molecule has 1 aromatic rings. The fourth-order valence-corrected chi connectivity index (χ4v) is 3.71. The summed E-state index contributed by atoms with van der Waals surface area (Å²) in [5, 5.41) is 0. The van der Waals surface area contributed by atoms with E-state index >= 15 is 0 Å². The molecule has 0 aliphatic carbocycles. The van der Waals surface area contributed by atoms with E-state index in [4.69, 9.17) is 9.47 Å². The molecule has 25 heavy (non-hydrogen) atoms. The van der Waals surface area contributed by atoms with Crippen LogP contribution in [0.15, 0.2) is 35.9 Å². The first-order chi connectivity index (χ1) is 11.5.